The number of fused-ring (bicyclic) bond motifs is 1. The fourth-order valence-corrected chi connectivity index (χ4v) is 2.93. The predicted molar refractivity (Wildman–Crippen MR) is 111 cm³/mol. The molecule has 3 aromatic carbocycles. The van der Waals surface area contributed by atoms with Crippen molar-refractivity contribution < 1.29 is 9.47 Å². The zero-order chi connectivity index (χ0) is 19.1. The van der Waals surface area contributed by atoms with Crippen LogP contribution in [0.4, 0.5) is 0 Å². The van der Waals surface area contributed by atoms with Crippen molar-refractivity contribution in [3.63, 3.8) is 0 Å². The van der Waals surface area contributed by atoms with Crippen molar-refractivity contribution >= 4 is 16.7 Å². The summed E-state index contributed by atoms with van der Waals surface area (Å²) in [6.45, 7) is 1.34. The Morgan fingerprint density at radius 2 is 1.41 bits per heavy atom. The van der Waals surface area contributed by atoms with Crippen molar-refractivity contribution in [1.82, 2.24) is 10.6 Å². The molecule has 0 spiro atoms. The second-order valence-corrected chi connectivity index (χ2v) is 6.15. The molecule has 0 bridgehead atoms. The highest BCUT2D eigenvalue weighted by Crippen LogP contribution is 2.27. The SMILES string of the molecule is CN=C(NCc1ccc(OC)c(OC)c1)NCc1ccc2ccccc2c1. The van der Waals surface area contributed by atoms with Gasteiger partial charge in [0.1, 0.15) is 0 Å². The van der Waals surface area contributed by atoms with Crippen molar-refractivity contribution in [3.05, 3.63) is 71.8 Å². The van der Waals surface area contributed by atoms with Crippen LogP contribution >= 0.6 is 0 Å². The minimum absolute atomic E-state index is 0.637. The van der Waals surface area contributed by atoms with E-state index < -0.39 is 0 Å². The average Bonchev–Trinajstić information content (AvgIpc) is 2.73. The Hall–Kier alpha value is -3.21. The van der Waals surface area contributed by atoms with E-state index in [9.17, 15) is 0 Å². The maximum Gasteiger partial charge on any atom is 0.191 e. The Labute approximate surface area is 160 Å². The molecule has 0 aromatic heterocycles. The maximum atomic E-state index is 5.35. The quantitative estimate of drug-likeness (QED) is 0.518. The monoisotopic (exact) mass is 363 g/mol. The molecule has 0 unspecified atom stereocenters. The summed E-state index contributed by atoms with van der Waals surface area (Å²) in [6, 6.07) is 20.7. The first-order valence-electron chi connectivity index (χ1n) is 8.86. The lowest BCUT2D eigenvalue weighted by Crippen LogP contribution is -2.36. The summed E-state index contributed by atoms with van der Waals surface area (Å²) >= 11 is 0. The van der Waals surface area contributed by atoms with Gasteiger partial charge in [0.15, 0.2) is 17.5 Å². The second-order valence-electron chi connectivity index (χ2n) is 6.15. The Kier molecular flexibility index (Phi) is 6.15. The van der Waals surface area contributed by atoms with Crippen LogP contribution in [0.5, 0.6) is 11.5 Å². The highest BCUT2D eigenvalue weighted by molar-refractivity contribution is 5.83. The van der Waals surface area contributed by atoms with Gasteiger partial charge in [-0.15, -0.1) is 0 Å². The van der Waals surface area contributed by atoms with Crippen LogP contribution in [-0.2, 0) is 13.1 Å². The van der Waals surface area contributed by atoms with Gasteiger partial charge in [-0.2, -0.15) is 0 Å². The van der Waals surface area contributed by atoms with Gasteiger partial charge in [0.2, 0.25) is 0 Å². The van der Waals surface area contributed by atoms with Crippen molar-refractivity contribution in [2.75, 3.05) is 21.3 Å². The summed E-state index contributed by atoms with van der Waals surface area (Å²) in [4.78, 5) is 4.30. The van der Waals surface area contributed by atoms with Gasteiger partial charge in [0.25, 0.3) is 0 Å². The molecule has 0 atom stereocenters. The summed E-state index contributed by atoms with van der Waals surface area (Å²) in [5, 5.41) is 9.17. The molecule has 0 fully saturated rings. The number of aliphatic imine (C=N–C) groups is 1. The number of guanidine groups is 1. The van der Waals surface area contributed by atoms with Gasteiger partial charge in [-0.25, -0.2) is 0 Å². The minimum atomic E-state index is 0.637. The van der Waals surface area contributed by atoms with E-state index in [1.54, 1.807) is 21.3 Å². The van der Waals surface area contributed by atoms with Crippen LogP contribution < -0.4 is 20.1 Å². The third kappa shape index (κ3) is 4.70. The standard InChI is InChI=1S/C22H25N3O2/c1-23-22(25-15-17-9-11-20(26-2)21(13-17)27-3)24-14-16-8-10-18-6-4-5-7-19(18)12-16/h4-13H,14-15H2,1-3H3,(H2,23,24,25). The lowest BCUT2D eigenvalue weighted by Gasteiger charge is -2.14. The molecule has 0 saturated heterocycles. The molecule has 0 radical (unpaired) electrons. The van der Waals surface area contributed by atoms with E-state index in [-0.39, 0.29) is 0 Å². The zero-order valence-electron chi connectivity index (χ0n) is 16.0. The van der Waals surface area contributed by atoms with Gasteiger partial charge >= 0.3 is 0 Å². The van der Waals surface area contributed by atoms with Gasteiger partial charge in [-0.1, -0.05) is 42.5 Å². The van der Waals surface area contributed by atoms with Crippen molar-refractivity contribution in [3.8, 4) is 11.5 Å². The second kappa shape index (κ2) is 8.94. The molecular formula is C22H25N3O2. The van der Waals surface area contributed by atoms with E-state index in [1.807, 2.05) is 18.2 Å². The Morgan fingerprint density at radius 1 is 0.778 bits per heavy atom. The zero-order valence-corrected chi connectivity index (χ0v) is 16.0. The number of hydrogen-bond donors (Lipinski definition) is 2. The van der Waals surface area contributed by atoms with Crippen LogP contribution in [0.3, 0.4) is 0 Å². The van der Waals surface area contributed by atoms with Gasteiger partial charge < -0.3 is 20.1 Å². The lowest BCUT2D eigenvalue weighted by molar-refractivity contribution is 0.354. The number of rotatable bonds is 6. The number of methoxy groups -OCH3 is 2. The third-order valence-corrected chi connectivity index (χ3v) is 4.41. The minimum Gasteiger partial charge on any atom is -0.493 e. The number of ether oxygens (including phenoxy) is 2. The van der Waals surface area contributed by atoms with Crippen molar-refractivity contribution in [2.24, 2.45) is 4.99 Å². The molecule has 2 N–H and O–H groups in total. The molecule has 5 heteroatoms. The van der Waals surface area contributed by atoms with E-state index in [2.05, 4.69) is 58.1 Å². The van der Waals surface area contributed by atoms with Gasteiger partial charge in [0.05, 0.1) is 14.2 Å². The summed E-state index contributed by atoms with van der Waals surface area (Å²) in [6.07, 6.45) is 0. The molecule has 27 heavy (non-hydrogen) atoms. The van der Waals surface area contributed by atoms with Crippen molar-refractivity contribution in [2.45, 2.75) is 13.1 Å². The number of hydrogen-bond acceptors (Lipinski definition) is 3. The van der Waals surface area contributed by atoms with Crippen molar-refractivity contribution in [1.29, 1.82) is 0 Å². The van der Waals surface area contributed by atoms with Gasteiger partial charge in [-0.05, 0) is 40.1 Å². The molecule has 0 aliphatic carbocycles. The summed E-state index contributed by atoms with van der Waals surface area (Å²) in [5.41, 5.74) is 2.30. The van der Waals surface area contributed by atoms with Crippen LogP contribution in [0, 0.1) is 0 Å². The smallest absolute Gasteiger partial charge is 0.191 e. The molecule has 0 saturated carbocycles. The Bertz CT molecular complexity index is 938. The molecule has 3 aromatic rings. The first-order valence-corrected chi connectivity index (χ1v) is 8.86. The summed E-state index contributed by atoms with van der Waals surface area (Å²) in [5.74, 6) is 2.19. The third-order valence-electron chi connectivity index (χ3n) is 4.41. The highest BCUT2D eigenvalue weighted by atomic mass is 16.5. The van der Waals surface area contributed by atoms with E-state index in [0.717, 1.165) is 23.0 Å². The molecular weight excluding hydrogens is 338 g/mol. The van der Waals surface area contributed by atoms with Crippen LogP contribution in [0.2, 0.25) is 0 Å². The Balaban J connectivity index is 1.59. The molecule has 0 aliphatic rings. The van der Waals surface area contributed by atoms with E-state index in [1.165, 1.54) is 16.3 Å². The predicted octanol–water partition coefficient (Wildman–Crippen LogP) is 3.72. The van der Waals surface area contributed by atoms with Crippen LogP contribution in [0.1, 0.15) is 11.1 Å². The molecule has 0 heterocycles. The highest BCUT2D eigenvalue weighted by Gasteiger charge is 2.05. The maximum absolute atomic E-state index is 5.35. The topological polar surface area (TPSA) is 54.9 Å². The fourth-order valence-electron chi connectivity index (χ4n) is 2.93. The molecule has 3 rings (SSSR count). The number of benzene rings is 3. The molecule has 0 aliphatic heterocycles. The first kappa shape index (κ1) is 18.6. The van der Waals surface area contributed by atoms with E-state index in [4.69, 9.17) is 9.47 Å². The molecule has 140 valence electrons. The normalized spacial score (nSPS) is 11.3. The van der Waals surface area contributed by atoms with Gasteiger partial charge in [-0.3, -0.25) is 4.99 Å². The van der Waals surface area contributed by atoms with E-state index >= 15 is 0 Å². The summed E-state index contributed by atoms with van der Waals surface area (Å²) in [7, 11) is 5.04. The Morgan fingerprint density at radius 3 is 2.07 bits per heavy atom. The first-order chi connectivity index (χ1) is 13.2. The number of nitrogens with one attached hydrogen (secondary N) is 2. The average molecular weight is 363 g/mol. The van der Waals surface area contributed by atoms with Gasteiger partial charge in [0, 0.05) is 20.1 Å². The molecule has 5 nitrogen and oxygen atoms in total. The van der Waals surface area contributed by atoms with Crippen LogP contribution in [-0.4, -0.2) is 27.2 Å². The largest absolute Gasteiger partial charge is 0.493 e. The van der Waals surface area contributed by atoms with Crippen LogP contribution in [0.25, 0.3) is 10.8 Å². The van der Waals surface area contributed by atoms with Crippen LogP contribution in [0.15, 0.2) is 65.7 Å². The van der Waals surface area contributed by atoms with E-state index in [0.29, 0.717) is 13.1 Å². The fraction of sp³-hybridized carbons (Fsp3) is 0.227. The lowest BCUT2D eigenvalue weighted by atomic mass is 10.1. The summed E-state index contributed by atoms with van der Waals surface area (Å²) < 4.78 is 10.6. The molecule has 0 amide bonds. The number of nitrogens with zero attached hydrogens (tertiary/aromatic N) is 1.